The molecule has 88 valence electrons. The molecular weight excluding hydrogens is 221 g/mol. The molecule has 4 nitrogen and oxygen atoms in total. The van der Waals surface area contributed by atoms with E-state index in [1.165, 1.54) is 18.3 Å². The number of aromatic nitrogens is 2. The molecule has 0 amide bonds. The predicted octanol–water partition coefficient (Wildman–Crippen LogP) is 1.88. The summed E-state index contributed by atoms with van der Waals surface area (Å²) in [5.74, 6) is 0.320. The summed E-state index contributed by atoms with van der Waals surface area (Å²) in [7, 11) is 1.80. The lowest BCUT2D eigenvalue weighted by Crippen LogP contribution is -2.12. The van der Waals surface area contributed by atoms with E-state index < -0.39 is 0 Å². The Balaban J connectivity index is 2.29. The minimum absolute atomic E-state index is 0.155. The zero-order valence-corrected chi connectivity index (χ0v) is 9.34. The Bertz CT molecular complexity index is 501. The molecule has 0 aliphatic heterocycles. The van der Waals surface area contributed by atoms with Gasteiger partial charge in [0.15, 0.2) is 5.82 Å². The molecule has 0 aliphatic carbocycles. The summed E-state index contributed by atoms with van der Waals surface area (Å²) in [6.45, 7) is -0.155. The molecule has 17 heavy (non-hydrogen) atoms. The summed E-state index contributed by atoms with van der Waals surface area (Å²) < 4.78 is 12.8. The maximum Gasteiger partial charge on any atom is 0.151 e. The Morgan fingerprint density at radius 3 is 2.59 bits per heavy atom. The summed E-state index contributed by atoms with van der Waals surface area (Å²) in [6.07, 6.45) is 3.09. The first-order chi connectivity index (χ1) is 8.20. The van der Waals surface area contributed by atoms with Gasteiger partial charge in [0.05, 0.1) is 24.7 Å². The van der Waals surface area contributed by atoms with Crippen molar-refractivity contribution < 1.29 is 9.50 Å². The molecule has 1 aromatic heterocycles. The van der Waals surface area contributed by atoms with Crippen LogP contribution in [0.2, 0.25) is 0 Å². The zero-order valence-electron chi connectivity index (χ0n) is 9.34. The van der Waals surface area contributed by atoms with Gasteiger partial charge in [0.2, 0.25) is 0 Å². The number of nitrogens with zero attached hydrogens (tertiary/aromatic N) is 3. The van der Waals surface area contributed by atoms with E-state index in [4.69, 9.17) is 5.11 Å². The van der Waals surface area contributed by atoms with E-state index in [1.54, 1.807) is 30.3 Å². The normalized spacial score (nSPS) is 10.3. The molecule has 0 atom stereocenters. The Hall–Kier alpha value is -2.01. The molecule has 1 N–H and O–H groups in total. The van der Waals surface area contributed by atoms with E-state index >= 15 is 0 Å². The van der Waals surface area contributed by atoms with Gasteiger partial charge in [-0.15, -0.1) is 0 Å². The molecule has 0 unspecified atom stereocenters. The second-order valence-corrected chi connectivity index (χ2v) is 3.56. The van der Waals surface area contributed by atoms with Crippen LogP contribution in [0, 0.1) is 5.82 Å². The first kappa shape index (κ1) is 11.5. The van der Waals surface area contributed by atoms with Gasteiger partial charge < -0.3 is 10.0 Å². The van der Waals surface area contributed by atoms with Crippen molar-refractivity contribution in [3.63, 3.8) is 0 Å². The summed E-state index contributed by atoms with van der Waals surface area (Å²) in [6, 6.07) is 6.08. The average molecular weight is 233 g/mol. The van der Waals surface area contributed by atoms with Crippen LogP contribution in [0.15, 0.2) is 36.7 Å². The fourth-order valence-corrected chi connectivity index (χ4v) is 1.43. The van der Waals surface area contributed by atoms with Crippen molar-refractivity contribution in [1.29, 1.82) is 0 Å². The number of hydrogen-bond acceptors (Lipinski definition) is 4. The molecule has 1 aromatic carbocycles. The van der Waals surface area contributed by atoms with Crippen molar-refractivity contribution in [3.8, 4) is 0 Å². The summed E-state index contributed by atoms with van der Waals surface area (Å²) >= 11 is 0. The highest BCUT2D eigenvalue weighted by Crippen LogP contribution is 2.21. The molecule has 2 rings (SSSR count). The van der Waals surface area contributed by atoms with Crippen LogP contribution >= 0.6 is 0 Å². The monoisotopic (exact) mass is 233 g/mol. The van der Waals surface area contributed by atoms with Crippen molar-refractivity contribution in [2.75, 3.05) is 11.9 Å². The maximum absolute atomic E-state index is 12.8. The fourth-order valence-electron chi connectivity index (χ4n) is 1.43. The van der Waals surface area contributed by atoms with E-state index in [2.05, 4.69) is 9.97 Å². The van der Waals surface area contributed by atoms with Crippen molar-refractivity contribution in [3.05, 3.63) is 48.2 Å². The summed E-state index contributed by atoms with van der Waals surface area (Å²) in [5.41, 5.74) is 1.30. The average Bonchev–Trinajstić information content (AvgIpc) is 2.39. The third kappa shape index (κ3) is 2.57. The van der Waals surface area contributed by atoms with Gasteiger partial charge in [-0.3, -0.25) is 4.98 Å². The second-order valence-electron chi connectivity index (χ2n) is 3.56. The number of anilines is 2. The molecule has 2 aromatic rings. The fraction of sp³-hybridized carbons (Fsp3) is 0.167. The zero-order chi connectivity index (χ0) is 12.3. The lowest BCUT2D eigenvalue weighted by Gasteiger charge is -2.18. The number of hydrogen-bond donors (Lipinski definition) is 1. The van der Waals surface area contributed by atoms with Gasteiger partial charge in [0.25, 0.3) is 0 Å². The lowest BCUT2D eigenvalue weighted by molar-refractivity contribution is 0.276. The number of benzene rings is 1. The van der Waals surface area contributed by atoms with E-state index in [1.807, 2.05) is 0 Å². The third-order valence-corrected chi connectivity index (χ3v) is 2.39. The van der Waals surface area contributed by atoms with Crippen LogP contribution in [0.25, 0.3) is 0 Å². The Morgan fingerprint density at radius 1 is 1.24 bits per heavy atom. The lowest BCUT2D eigenvalue weighted by atomic mass is 10.3. The maximum atomic E-state index is 12.8. The SMILES string of the molecule is CN(c1ccc(F)cc1)c1cncc(CO)n1. The highest BCUT2D eigenvalue weighted by molar-refractivity contribution is 5.58. The number of rotatable bonds is 3. The third-order valence-electron chi connectivity index (χ3n) is 2.39. The van der Waals surface area contributed by atoms with E-state index in [0.29, 0.717) is 11.5 Å². The van der Waals surface area contributed by atoms with Crippen LogP contribution in [0.1, 0.15) is 5.69 Å². The molecule has 0 fully saturated rings. The molecule has 5 heteroatoms. The topological polar surface area (TPSA) is 49.2 Å². The van der Waals surface area contributed by atoms with Gasteiger partial charge >= 0.3 is 0 Å². The van der Waals surface area contributed by atoms with Gasteiger partial charge in [-0.2, -0.15) is 0 Å². The smallest absolute Gasteiger partial charge is 0.151 e. The number of halogens is 1. The van der Waals surface area contributed by atoms with Crippen LogP contribution in [0.4, 0.5) is 15.9 Å². The van der Waals surface area contributed by atoms with Crippen LogP contribution in [0.5, 0.6) is 0 Å². The van der Waals surface area contributed by atoms with Gasteiger partial charge in [-0.1, -0.05) is 0 Å². The van der Waals surface area contributed by atoms with Crippen molar-refractivity contribution >= 4 is 11.5 Å². The largest absolute Gasteiger partial charge is 0.390 e. The first-order valence-corrected chi connectivity index (χ1v) is 5.12. The van der Waals surface area contributed by atoms with Crippen LogP contribution < -0.4 is 4.90 Å². The Kier molecular flexibility index (Phi) is 3.30. The summed E-state index contributed by atoms with van der Waals surface area (Å²) in [4.78, 5) is 9.96. The van der Waals surface area contributed by atoms with Gasteiger partial charge in [-0.25, -0.2) is 9.37 Å². The molecular formula is C12H12FN3O. The standard InChI is InChI=1S/C12H12FN3O/c1-16(11-4-2-9(13)3-5-11)12-7-14-6-10(8-17)15-12/h2-7,17H,8H2,1H3. The minimum atomic E-state index is -0.280. The molecule has 0 bridgehead atoms. The predicted molar refractivity (Wildman–Crippen MR) is 62.4 cm³/mol. The Labute approximate surface area is 98.4 Å². The quantitative estimate of drug-likeness (QED) is 0.879. The molecule has 0 spiro atoms. The van der Waals surface area contributed by atoms with E-state index in [0.717, 1.165) is 5.69 Å². The molecule has 0 radical (unpaired) electrons. The van der Waals surface area contributed by atoms with Crippen molar-refractivity contribution in [2.45, 2.75) is 6.61 Å². The molecule has 0 saturated carbocycles. The van der Waals surface area contributed by atoms with Gasteiger partial charge in [-0.05, 0) is 24.3 Å². The van der Waals surface area contributed by atoms with Crippen molar-refractivity contribution in [1.82, 2.24) is 9.97 Å². The Morgan fingerprint density at radius 2 is 1.94 bits per heavy atom. The highest BCUT2D eigenvalue weighted by Gasteiger charge is 2.06. The van der Waals surface area contributed by atoms with Crippen LogP contribution in [-0.4, -0.2) is 22.1 Å². The molecule has 0 saturated heterocycles. The van der Waals surface area contributed by atoms with E-state index in [-0.39, 0.29) is 12.4 Å². The molecule has 1 heterocycles. The number of aliphatic hydroxyl groups is 1. The van der Waals surface area contributed by atoms with Crippen molar-refractivity contribution in [2.24, 2.45) is 0 Å². The highest BCUT2D eigenvalue weighted by atomic mass is 19.1. The first-order valence-electron chi connectivity index (χ1n) is 5.12. The van der Waals surface area contributed by atoms with Gasteiger partial charge in [0, 0.05) is 12.7 Å². The minimum Gasteiger partial charge on any atom is -0.390 e. The van der Waals surface area contributed by atoms with Crippen LogP contribution in [-0.2, 0) is 6.61 Å². The summed E-state index contributed by atoms with van der Waals surface area (Å²) in [5, 5.41) is 8.98. The van der Waals surface area contributed by atoms with E-state index in [9.17, 15) is 4.39 Å². The number of aliphatic hydroxyl groups excluding tert-OH is 1. The second kappa shape index (κ2) is 4.88. The van der Waals surface area contributed by atoms with Crippen LogP contribution in [0.3, 0.4) is 0 Å². The van der Waals surface area contributed by atoms with Gasteiger partial charge in [0.1, 0.15) is 5.82 Å². The molecule has 0 aliphatic rings.